The molecule has 0 radical (unpaired) electrons. The Labute approximate surface area is 302 Å². The molecule has 0 spiro atoms. The van der Waals surface area contributed by atoms with Gasteiger partial charge in [0.2, 0.25) is 0 Å². The highest BCUT2D eigenvalue weighted by atomic mass is 15.0. The first-order valence-electron chi connectivity index (χ1n) is 17.6. The van der Waals surface area contributed by atoms with E-state index in [2.05, 4.69) is 134 Å². The second kappa shape index (κ2) is 11.7. The van der Waals surface area contributed by atoms with Crippen LogP contribution in [0.25, 0.3) is 83.9 Å². The lowest BCUT2D eigenvalue weighted by Crippen LogP contribution is -2.14. The van der Waals surface area contributed by atoms with E-state index >= 15 is 0 Å². The van der Waals surface area contributed by atoms with E-state index in [1.807, 2.05) is 48.8 Å². The molecule has 9 aromatic rings. The topological polar surface area (TPSA) is 56.5 Å². The van der Waals surface area contributed by atoms with Crippen LogP contribution in [0.5, 0.6) is 0 Å². The summed E-state index contributed by atoms with van der Waals surface area (Å²) in [7, 11) is 0. The molecule has 0 saturated carbocycles. The molecule has 0 aliphatic heterocycles. The standard InChI is InChI=1S/C47H33N5/c1-47(2)39-20-9-6-17-35(39)36-24-23-32(26-40(36)47)41-27-42(51-45(50-41)30-13-4-3-5-14-30)46-48-28-33(29-49-46)31-15-12-16-34(25-31)52-43-21-10-7-18-37(43)38-19-8-11-22-44(38)52/h3-29H,1-2H3. The first kappa shape index (κ1) is 30.1. The minimum absolute atomic E-state index is 0.113. The molecule has 5 heteroatoms. The third kappa shape index (κ3) is 4.78. The molecule has 52 heavy (non-hydrogen) atoms. The van der Waals surface area contributed by atoms with Crippen LogP contribution in [0.15, 0.2) is 164 Å². The molecule has 3 aromatic heterocycles. The summed E-state index contributed by atoms with van der Waals surface area (Å²) in [4.78, 5) is 19.9. The van der Waals surface area contributed by atoms with Crippen molar-refractivity contribution in [3.05, 3.63) is 175 Å². The quantitative estimate of drug-likeness (QED) is 0.183. The van der Waals surface area contributed by atoms with Gasteiger partial charge in [0, 0.05) is 51.0 Å². The predicted molar refractivity (Wildman–Crippen MR) is 211 cm³/mol. The van der Waals surface area contributed by atoms with Crippen LogP contribution >= 0.6 is 0 Å². The molecule has 0 saturated heterocycles. The van der Waals surface area contributed by atoms with E-state index in [9.17, 15) is 0 Å². The van der Waals surface area contributed by atoms with Gasteiger partial charge in [-0.1, -0.05) is 129 Å². The van der Waals surface area contributed by atoms with Gasteiger partial charge in [0.05, 0.1) is 16.7 Å². The van der Waals surface area contributed by atoms with Crippen LogP contribution in [-0.4, -0.2) is 24.5 Å². The van der Waals surface area contributed by atoms with Gasteiger partial charge in [-0.3, -0.25) is 0 Å². The number of hydrogen-bond donors (Lipinski definition) is 0. The summed E-state index contributed by atoms with van der Waals surface area (Å²) >= 11 is 0. The van der Waals surface area contributed by atoms with Crippen molar-refractivity contribution in [3.8, 4) is 62.1 Å². The van der Waals surface area contributed by atoms with Crippen molar-refractivity contribution < 1.29 is 0 Å². The number of benzene rings is 6. The Hall–Kier alpha value is -6.72. The normalized spacial score (nSPS) is 13.0. The van der Waals surface area contributed by atoms with Crippen molar-refractivity contribution >= 4 is 21.8 Å². The summed E-state index contributed by atoms with van der Waals surface area (Å²) in [6.45, 7) is 4.60. The Morgan fingerprint density at radius 3 is 1.85 bits per heavy atom. The van der Waals surface area contributed by atoms with Crippen molar-refractivity contribution in [2.75, 3.05) is 0 Å². The Balaban J connectivity index is 1.05. The number of fused-ring (bicyclic) bond motifs is 6. The van der Waals surface area contributed by atoms with Crippen LogP contribution in [0, 0.1) is 0 Å². The van der Waals surface area contributed by atoms with Gasteiger partial charge in [-0.05, 0) is 64.2 Å². The van der Waals surface area contributed by atoms with Crippen LogP contribution in [0.3, 0.4) is 0 Å². The molecule has 5 nitrogen and oxygen atoms in total. The fraction of sp³-hybridized carbons (Fsp3) is 0.0638. The van der Waals surface area contributed by atoms with Gasteiger partial charge in [-0.15, -0.1) is 0 Å². The Kier molecular flexibility index (Phi) is 6.77. The van der Waals surface area contributed by atoms with Crippen molar-refractivity contribution in [2.24, 2.45) is 0 Å². The summed E-state index contributed by atoms with van der Waals surface area (Å²) in [6, 6.07) is 53.3. The minimum Gasteiger partial charge on any atom is -0.309 e. The lowest BCUT2D eigenvalue weighted by molar-refractivity contribution is 0.660. The molecule has 0 unspecified atom stereocenters. The summed E-state index contributed by atoms with van der Waals surface area (Å²) in [5.74, 6) is 1.19. The Bertz CT molecular complexity index is 2760. The molecule has 1 aliphatic carbocycles. The molecule has 1 aliphatic rings. The van der Waals surface area contributed by atoms with Crippen LogP contribution < -0.4 is 0 Å². The average molecular weight is 668 g/mol. The first-order valence-corrected chi connectivity index (χ1v) is 17.6. The zero-order chi connectivity index (χ0) is 34.8. The maximum atomic E-state index is 5.10. The molecule has 3 heterocycles. The van der Waals surface area contributed by atoms with Crippen molar-refractivity contribution in [3.63, 3.8) is 0 Å². The highest BCUT2D eigenvalue weighted by Gasteiger charge is 2.35. The molecule has 0 bridgehead atoms. The van der Waals surface area contributed by atoms with Gasteiger partial charge >= 0.3 is 0 Å². The van der Waals surface area contributed by atoms with E-state index in [4.69, 9.17) is 19.9 Å². The summed E-state index contributed by atoms with van der Waals surface area (Å²) in [5.41, 5.74) is 14.0. The van der Waals surface area contributed by atoms with E-state index in [0.717, 1.165) is 33.6 Å². The minimum atomic E-state index is -0.113. The van der Waals surface area contributed by atoms with Crippen LogP contribution in [0.4, 0.5) is 0 Å². The van der Waals surface area contributed by atoms with E-state index in [0.29, 0.717) is 17.3 Å². The third-order valence-electron chi connectivity index (χ3n) is 10.5. The SMILES string of the molecule is CC1(C)c2ccccc2-c2ccc(-c3cc(-c4ncc(-c5cccc(-n6c7ccccc7c7ccccc76)c5)cn4)nc(-c4ccccc4)n3)cc21. The molecular weight excluding hydrogens is 635 g/mol. The van der Waals surface area contributed by atoms with Crippen LogP contribution in [0.1, 0.15) is 25.0 Å². The zero-order valence-corrected chi connectivity index (χ0v) is 28.8. The highest BCUT2D eigenvalue weighted by molar-refractivity contribution is 6.09. The molecule has 0 fully saturated rings. The zero-order valence-electron chi connectivity index (χ0n) is 28.8. The van der Waals surface area contributed by atoms with Crippen LogP contribution in [0.2, 0.25) is 0 Å². The number of aromatic nitrogens is 5. The lowest BCUT2D eigenvalue weighted by atomic mass is 9.82. The van der Waals surface area contributed by atoms with Gasteiger partial charge in [0.15, 0.2) is 11.6 Å². The van der Waals surface area contributed by atoms with Crippen molar-refractivity contribution in [1.82, 2.24) is 24.5 Å². The lowest BCUT2D eigenvalue weighted by Gasteiger charge is -2.22. The number of rotatable bonds is 5. The fourth-order valence-electron chi connectivity index (χ4n) is 7.92. The van der Waals surface area contributed by atoms with Gasteiger partial charge in [0.25, 0.3) is 0 Å². The van der Waals surface area contributed by atoms with Crippen molar-refractivity contribution in [1.29, 1.82) is 0 Å². The van der Waals surface area contributed by atoms with E-state index in [-0.39, 0.29) is 5.41 Å². The molecule has 0 amide bonds. The van der Waals surface area contributed by atoms with E-state index in [1.165, 1.54) is 44.1 Å². The molecule has 6 aromatic carbocycles. The number of hydrogen-bond acceptors (Lipinski definition) is 4. The molecule has 10 rings (SSSR count). The van der Waals surface area contributed by atoms with Gasteiger partial charge < -0.3 is 4.57 Å². The van der Waals surface area contributed by atoms with Crippen molar-refractivity contribution in [2.45, 2.75) is 19.3 Å². The van der Waals surface area contributed by atoms with E-state index < -0.39 is 0 Å². The molecular formula is C47H33N5. The first-order chi connectivity index (χ1) is 25.5. The summed E-state index contributed by atoms with van der Waals surface area (Å²) < 4.78 is 2.33. The maximum absolute atomic E-state index is 5.10. The number of para-hydroxylation sites is 2. The molecule has 0 N–H and O–H groups in total. The summed E-state index contributed by atoms with van der Waals surface area (Å²) in [5, 5.41) is 2.48. The number of nitrogens with zero attached hydrogens (tertiary/aromatic N) is 5. The second-order valence-electron chi connectivity index (χ2n) is 14.0. The van der Waals surface area contributed by atoms with Crippen LogP contribution in [-0.2, 0) is 5.41 Å². The summed E-state index contributed by atoms with van der Waals surface area (Å²) in [6.07, 6.45) is 3.79. The Morgan fingerprint density at radius 1 is 0.442 bits per heavy atom. The monoisotopic (exact) mass is 667 g/mol. The second-order valence-corrected chi connectivity index (χ2v) is 14.0. The molecule has 0 atom stereocenters. The van der Waals surface area contributed by atoms with Gasteiger partial charge in [-0.2, -0.15) is 0 Å². The predicted octanol–water partition coefficient (Wildman–Crippen LogP) is 11.3. The highest BCUT2D eigenvalue weighted by Crippen LogP contribution is 2.49. The van der Waals surface area contributed by atoms with E-state index in [1.54, 1.807) is 0 Å². The largest absolute Gasteiger partial charge is 0.309 e. The smallest absolute Gasteiger partial charge is 0.178 e. The van der Waals surface area contributed by atoms with Gasteiger partial charge in [-0.25, -0.2) is 19.9 Å². The Morgan fingerprint density at radius 2 is 1.08 bits per heavy atom. The molecule has 246 valence electrons. The van der Waals surface area contributed by atoms with Gasteiger partial charge in [0.1, 0.15) is 5.69 Å². The maximum Gasteiger partial charge on any atom is 0.178 e. The third-order valence-corrected chi connectivity index (χ3v) is 10.5. The fourth-order valence-corrected chi connectivity index (χ4v) is 7.92. The average Bonchev–Trinajstić information content (AvgIpc) is 3.66.